The molecule has 3 heteroatoms. The molecular formula is C11H21O2Y-. The van der Waals surface area contributed by atoms with Crippen LogP contribution < -0.4 is 0 Å². The Bertz CT molecular complexity index is 148. The van der Waals surface area contributed by atoms with E-state index >= 15 is 0 Å². The van der Waals surface area contributed by atoms with Crippen molar-refractivity contribution in [1.29, 1.82) is 0 Å². The molecule has 0 bridgehead atoms. The first-order valence-electron chi connectivity index (χ1n) is 5.02. The molecule has 1 unspecified atom stereocenters. The van der Waals surface area contributed by atoms with Crippen LogP contribution in [0.3, 0.4) is 0 Å². The zero-order chi connectivity index (χ0) is 10.3. The molecule has 0 aliphatic rings. The van der Waals surface area contributed by atoms with Gasteiger partial charge in [-0.15, -0.1) is 0 Å². The fourth-order valence-electron chi connectivity index (χ4n) is 1.20. The summed E-state index contributed by atoms with van der Waals surface area (Å²) < 4.78 is 5.39. The first-order valence-corrected chi connectivity index (χ1v) is 5.02. The molecule has 0 N–H and O–H groups in total. The van der Waals surface area contributed by atoms with E-state index in [9.17, 15) is 4.79 Å². The van der Waals surface area contributed by atoms with Gasteiger partial charge in [0.15, 0.2) is 0 Å². The molecule has 0 fully saturated rings. The van der Waals surface area contributed by atoms with Crippen LogP contribution in [-0.2, 0) is 42.2 Å². The van der Waals surface area contributed by atoms with Crippen LogP contribution in [0.25, 0.3) is 0 Å². The predicted octanol–water partition coefficient (Wildman–Crippen LogP) is 2.76. The molecule has 0 aliphatic heterocycles. The molecule has 0 saturated carbocycles. The van der Waals surface area contributed by atoms with E-state index in [1.165, 1.54) is 0 Å². The monoisotopic (exact) mass is 274 g/mol. The van der Waals surface area contributed by atoms with E-state index in [4.69, 9.17) is 4.74 Å². The number of hydrogen-bond donors (Lipinski definition) is 0. The Morgan fingerprint density at radius 3 is 2.50 bits per heavy atom. The van der Waals surface area contributed by atoms with Crippen LogP contribution in [0.15, 0.2) is 0 Å². The summed E-state index contributed by atoms with van der Waals surface area (Å²) in [6.07, 6.45) is 3.32. The zero-order valence-electron chi connectivity index (χ0n) is 9.80. The van der Waals surface area contributed by atoms with Gasteiger partial charge in [0.1, 0.15) is 0 Å². The van der Waals surface area contributed by atoms with E-state index in [0.717, 1.165) is 31.8 Å². The molecule has 0 spiro atoms. The molecule has 2 nitrogen and oxygen atoms in total. The first-order chi connectivity index (χ1) is 6.07. The molecule has 1 atom stereocenters. The van der Waals surface area contributed by atoms with Crippen molar-refractivity contribution in [1.82, 2.24) is 0 Å². The van der Waals surface area contributed by atoms with Gasteiger partial charge in [-0.05, 0) is 33.0 Å². The van der Waals surface area contributed by atoms with Crippen LogP contribution >= 0.6 is 0 Å². The minimum absolute atomic E-state index is 0. The van der Waals surface area contributed by atoms with Gasteiger partial charge < -0.3 is 15.4 Å². The fraction of sp³-hybridized carbons (Fsp3) is 0.818. The van der Waals surface area contributed by atoms with Crippen LogP contribution in [0, 0.1) is 5.92 Å². The second-order valence-electron chi connectivity index (χ2n) is 3.49. The molecule has 0 rings (SSSR count). The van der Waals surface area contributed by atoms with Crippen LogP contribution in [0.4, 0.5) is 0 Å². The second-order valence-corrected chi connectivity index (χ2v) is 3.49. The molecular weight excluding hydrogens is 253 g/mol. The standard InChI is InChI=1S/C11H21O2.Y/c1-5-13-10(3)8-6-7-9(2)11(4)12;/h10H,5-8H2,1-4H3;/q-1;. The predicted molar refractivity (Wildman–Crippen MR) is 54.5 cm³/mol. The van der Waals surface area contributed by atoms with E-state index < -0.39 is 0 Å². The number of Topliss-reactive ketones (excluding diaryl/α,β-unsaturated/α-hetero) is 1. The van der Waals surface area contributed by atoms with Crippen molar-refractivity contribution in [2.75, 3.05) is 6.61 Å². The normalized spacial score (nSPS) is 11.7. The molecule has 0 saturated heterocycles. The van der Waals surface area contributed by atoms with Crippen LogP contribution in [0.2, 0.25) is 0 Å². The third-order valence-electron chi connectivity index (χ3n) is 2.21. The van der Waals surface area contributed by atoms with Crippen molar-refractivity contribution in [3.05, 3.63) is 5.92 Å². The quantitative estimate of drug-likeness (QED) is 0.667. The van der Waals surface area contributed by atoms with Crippen molar-refractivity contribution in [3.8, 4) is 0 Å². The number of hydrogen-bond acceptors (Lipinski definition) is 2. The minimum Gasteiger partial charge on any atom is -0.379 e. The summed E-state index contributed by atoms with van der Waals surface area (Å²) >= 11 is 0. The summed E-state index contributed by atoms with van der Waals surface area (Å²) in [6.45, 7) is 8.39. The summed E-state index contributed by atoms with van der Waals surface area (Å²) in [5.74, 6) is 1.19. The summed E-state index contributed by atoms with van der Waals surface area (Å²) in [5, 5.41) is 0. The van der Waals surface area contributed by atoms with Gasteiger partial charge in [0.2, 0.25) is 0 Å². The first kappa shape index (κ1) is 17.0. The average molecular weight is 274 g/mol. The zero-order valence-corrected chi connectivity index (χ0v) is 12.6. The van der Waals surface area contributed by atoms with E-state index in [2.05, 4.69) is 6.92 Å². The molecule has 81 valence electrons. The maximum absolute atomic E-state index is 10.9. The molecule has 0 amide bonds. The van der Waals surface area contributed by atoms with E-state index in [-0.39, 0.29) is 38.5 Å². The Kier molecular flexibility index (Phi) is 12.3. The summed E-state index contributed by atoms with van der Waals surface area (Å²) in [4.78, 5) is 10.9. The van der Waals surface area contributed by atoms with Crippen molar-refractivity contribution in [2.45, 2.75) is 53.1 Å². The van der Waals surface area contributed by atoms with Gasteiger partial charge in [-0.1, -0.05) is 6.42 Å². The van der Waals surface area contributed by atoms with Crippen LogP contribution in [0.5, 0.6) is 0 Å². The molecule has 14 heavy (non-hydrogen) atoms. The van der Waals surface area contributed by atoms with Gasteiger partial charge in [-0.25, -0.2) is 0 Å². The molecule has 0 aromatic rings. The Morgan fingerprint density at radius 2 is 2.07 bits per heavy atom. The maximum atomic E-state index is 10.9. The summed E-state index contributed by atoms with van der Waals surface area (Å²) in [5.41, 5.74) is 0. The van der Waals surface area contributed by atoms with Gasteiger partial charge in [-0.2, -0.15) is 13.3 Å². The Labute approximate surface area is 113 Å². The Hall–Kier alpha value is 0.604. The van der Waals surface area contributed by atoms with E-state index in [1.807, 2.05) is 13.8 Å². The Balaban J connectivity index is 0. The number of carbonyl (C=O) groups excluding carboxylic acids is 1. The summed E-state index contributed by atoms with van der Waals surface area (Å²) in [7, 11) is 0. The van der Waals surface area contributed by atoms with Crippen molar-refractivity contribution >= 4 is 5.78 Å². The largest absolute Gasteiger partial charge is 0.379 e. The van der Waals surface area contributed by atoms with Crippen molar-refractivity contribution in [3.63, 3.8) is 0 Å². The topological polar surface area (TPSA) is 26.3 Å². The van der Waals surface area contributed by atoms with Gasteiger partial charge in [0.05, 0.1) is 6.10 Å². The molecule has 0 heterocycles. The molecule has 0 aromatic heterocycles. The van der Waals surface area contributed by atoms with Gasteiger partial charge in [0.25, 0.3) is 0 Å². The smallest absolute Gasteiger partial charge is 0.0546 e. The second kappa shape index (κ2) is 10.1. The number of ketones is 1. The number of carbonyl (C=O) groups is 1. The van der Waals surface area contributed by atoms with Crippen molar-refractivity contribution < 1.29 is 42.2 Å². The minimum atomic E-state index is 0. The molecule has 0 aromatic carbocycles. The van der Waals surface area contributed by atoms with Gasteiger partial charge >= 0.3 is 0 Å². The fourth-order valence-corrected chi connectivity index (χ4v) is 1.20. The van der Waals surface area contributed by atoms with Gasteiger partial charge in [0, 0.05) is 39.3 Å². The summed E-state index contributed by atoms with van der Waals surface area (Å²) in [6, 6.07) is 0. The number of ether oxygens (including phenoxy) is 1. The maximum Gasteiger partial charge on any atom is 0.0546 e. The van der Waals surface area contributed by atoms with Crippen LogP contribution in [0.1, 0.15) is 47.0 Å². The Morgan fingerprint density at radius 1 is 1.50 bits per heavy atom. The third kappa shape index (κ3) is 9.17. The van der Waals surface area contributed by atoms with E-state index in [1.54, 1.807) is 6.92 Å². The molecule has 0 aliphatic carbocycles. The van der Waals surface area contributed by atoms with Gasteiger partial charge in [-0.3, -0.25) is 0 Å². The number of rotatable bonds is 7. The van der Waals surface area contributed by atoms with Crippen LogP contribution in [-0.4, -0.2) is 18.5 Å². The van der Waals surface area contributed by atoms with Crippen molar-refractivity contribution in [2.24, 2.45) is 0 Å². The van der Waals surface area contributed by atoms with E-state index in [0.29, 0.717) is 6.10 Å². The average Bonchev–Trinajstić information content (AvgIpc) is 2.04. The molecule has 1 radical (unpaired) electrons. The SMILES string of the molecule is CCOC(C)CCC[C-](C)C(C)=O.[Y]. The third-order valence-corrected chi connectivity index (χ3v) is 2.21.